The zero-order valence-electron chi connectivity index (χ0n) is 11.3. The van der Waals surface area contributed by atoms with Gasteiger partial charge in [0.25, 0.3) is 0 Å². The molecular weight excluding hydrogens is 252 g/mol. The molecule has 1 aromatic heterocycles. The van der Waals surface area contributed by atoms with E-state index >= 15 is 0 Å². The van der Waals surface area contributed by atoms with Gasteiger partial charge in [-0.2, -0.15) is 5.10 Å². The Balaban J connectivity index is 2.36. The molecule has 0 amide bonds. The summed E-state index contributed by atoms with van der Waals surface area (Å²) in [6.45, 7) is 3.93. The first-order valence-electron chi connectivity index (χ1n) is 6.36. The monoisotopic (exact) mass is 266 g/mol. The topological polar surface area (TPSA) is 55.1 Å². The lowest BCUT2D eigenvalue weighted by Gasteiger charge is -2.10. The predicted octanol–water partition coefficient (Wildman–Crippen LogP) is 3.34. The average Bonchev–Trinajstić information content (AvgIpc) is 2.76. The number of carboxylic acids is 1. The first-order valence-corrected chi connectivity index (χ1v) is 6.36. The summed E-state index contributed by atoms with van der Waals surface area (Å²) in [6.07, 6.45) is 0. The minimum Gasteiger partial charge on any atom is -0.478 e. The van der Waals surface area contributed by atoms with Gasteiger partial charge in [-0.15, -0.1) is 0 Å². The van der Waals surface area contributed by atoms with Crippen LogP contribution in [0.4, 0.5) is 0 Å². The van der Waals surface area contributed by atoms with Gasteiger partial charge in [-0.3, -0.25) is 0 Å². The molecule has 20 heavy (non-hydrogen) atoms. The van der Waals surface area contributed by atoms with Crippen molar-refractivity contribution in [3.63, 3.8) is 0 Å². The molecule has 0 saturated heterocycles. The molecule has 1 N–H and O–H groups in total. The molecule has 0 spiro atoms. The van der Waals surface area contributed by atoms with Gasteiger partial charge in [0.05, 0.1) is 16.9 Å². The second kappa shape index (κ2) is 4.49. The number of rotatable bonds is 2. The van der Waals surface area contributed by atoms with E-state index in [9.17, 15) is 9.90 Å². The minimum absolute atomic E-state index is 0.311. The lowest BCUT2D eigenvalue weighted by atomic mass is 10.0. The van der Waals surface area contributed by atoms with Gasteiger partial charge in [0, 0.05) is 11.1 Å². The van der Waals surface area contributed by atoms with Crippen molar-refractivity contribution in [2.75, 3.05) is 0 Å². The fraction of sp³-hybridized carbons (Fsp3) is 0.125. The van der Waals surface area contributed by atoms with Crippen molar-refractivity contribution in [1.29, 1.82) is 0 Å². The zero-order valence-corrected chi connectivity index (χ0v) is 11.3. The van der Waals surface area contributed by atoms with E-state index < -0.39 is 5.97 Å². The van der Waals surface area contributed by atoms with Crippen molar-refractivity contribution in [1.82, 2.24) is 9.78 Å². The third kappa shape index (κ3) is 1.86. The largest absolute Gasteiger partial charge is 0.478 e. The summed E-state index contributed by atoms with van der Waals surface area (Å²) in [5, 5.41) is 15.4. The smallest absolute Gasteiger partial charge is 0.336 e. The van der Waals surface area contributed by atoms with E-state index in [0.717, 1.165) is 27.8 Å². The highest BCUT2D eigenvalue weighted by Crippen LogP contribution is 2.26. The van der Waals surface area contributed by atoms with Crippen molar-refractivity contribution in [3.8, 4) is 5.69 Å². The van der Waals surface area contributed by atoms with E-state index in [4.69, 9.17) is 0 Å². The summed E-state index contributed by atoms with van der Waals surface area (Å²) in [7, 11) is 0. The van der Waals surface area contributed by atoms with Gasteiger partial charge < -0.3 is 5.11 Å². The summed E-state index contributed by atoms with van der Waals surface area (Å²) in [5.74, 6) is -0.916. The minimum atomic E-state index is -0.916. The molecule has 3 rings (SSSR count). The highest BCUT2D eigenvalue weighted by molar-refractivity contribution is 6.06. The SMILES string of the molecule is Cc1cc(C)n(-c2ccc(C(=O)O)c3ccccc23)n1. The number of aromatic carboxylic acids is 1. The first-order chi connectivity index (χ1) is 9.58. The Morgan fingerprint density at radius 2 is 1.80 bits per heavy atom. The average molecular weight is 266 g/mol. The standard InChI is InChI=1S/C16H14N2O2/c1-10-9-11(2)18(17-10)15-8-7-14(16(19)20)12-5-3-4-6-13(12)15/h3-9H,1-2H3,(H,19,20). The van der Waals surface area contributed by atoms with Gasteiger partial charge in [-0.05, 0) is 37.4 Å². The van der Waals surface area contributed by atoms with Crippen LogP contribution in [0.25, 0.3) is 16.5 Å². The number of hydrogen-bond donors (Lipinski definition) is 1. The lowest BCUT2D eigenvalue weighted by molar-refractivity contribution is 0.0699. The van der Waals surface area contributed by atoms with Crippen molar-refractivity contribution in [3.05, 3.63) is 59.4 Å². The summed E-state index contributed by atoms with van der Waals surface area (Å²) >= 11 is 0. The van der Waals surface area contributed by atoms with Crippen molar-refractivity contribution >= 4 is 16.7 Å². The fourth-order valence-corrected chi connectivity index (χ4v) is 2.53. The molecule has 0 saturated carbocycles. The summed E-state index contributed by atoms with van der Waals surface area (Å²) in [6, 6.07) is 13.0. The number of nitrogens with zero attached hydrogens (tertiary/aromatic N) is 2. The number of aromatic nitrogens is 2. The molecule has 0 bridgehead atoms. The summed E-state index contributed by atoms with van der Waals surface area (Å²) in [4.78, 5) is 11.3. The highest BCUT2D eigenvalue weighted by Gasteiger charge is 2.13. The number of fused-ring (bicyclic) bond motifs is 1. The molecule has 0 atom stereocenters. The van der Waals surface area contributed by atoms with Crippen LogP contribution in [0.2, 0.25) is 0 Å². The molecule has 4 heteroatoms. The van der Waals surface area contributed by atoms with E-state index in [1.807, 2.05) is 54.9 Å². The van der Waals surface area contributed by atoms with E-state index in [1.54, 1.807) is 6.07 Å². The van der Waals surface area contributed by atoms with Crippen LogP contribution < -0.4 is 0 Å². The number of carbonyl (C=O) groups is 1. The Kier molecular flexibility index (Phi) is 2.79. The van der Waals surface area contributed by atoms with Gasteiger partial charge in [-0.1, -0.05) is 24.3 Å². The van der Waals surface area contributed by atoms with Gasteiger partial charge in [-0.25, -0.2) is 9.48 Å². The molecule has 3 aromatic rings. The molecule has 100 valence electrons. The maximum absolute atomic E-state index is 11.3. The van der Waals surface area contributed by atoms with E-state index in [-0.39, 0.29) is 0 Å². The fourth-order valence-electron chi connectivity index (χ4n) is 2.53. The summed E-state index contributed by atoms with van der Waals surface area (Å²) < 4.78 is 1.85. The molecule has 2 aromatic carbocycles. The van der Waals surface area contributed by atoms with Crippen LogP contribution in [0, 0.1) is 13.8 Å². The Morgan fingerprint density at radius 1 is 1.10 bits per heavy atom. The van der Waals surface area contributed by atoms with Crippen LogP contribution >= 0.6 is 0 Å². The number of aryl methyl sites for hydroxylation is 2. The Morgan fingerprint density at radius 3 is 2.40 bits per heavy atom. The number of carboxylic acid groups (broad SMARTS) is 1. The molecule has 0 aliphatic heterocycles. The molecule has 0 aliphatic rings. The van der Waals surface area contributed by atoms with E-state index in [1.165, 1.54) is 0 Å². The van der Waals surface area contributed by atoms with Crippen molar-refractivity contribution in [2.24, 2.45) is 0 Å². The van der Waals surface area contributed by atoms with Gasteiger partial charge in [0.1, 0.15) is 0 Å². The van der Waals surface area contributed by atoms with Gasteiger partial charge in [0.2, 0.25) is 0 Å². The van der Waals surface area contributed by atoms with Crippen LogP contribution in [0.5, 0.6) is 0 Å². The predicted molar refractivity (Wildman–Crippen MR) is 77.5 cm³/mol. The second-order valence-electron chi connectivity index (χ2n) is 4.82. The normalized spacial score (nSPS) is 10.9. The lowest BCUT2D eigenvalue weighted by Crippen LogP contribution is -2.03. The van der Waals surface area contributed by atoms with Gasteiger partial charge >= 0.3 is 5.97 Å². The van der Waals surface area contributed by atoms with Crippen LogP contribution in [0.3, 0.4) is 0 Å². The highest BCUT2D eigenvalue weighted by atomic mass is 16.4. The third-order valence-corrected chi connectivity index (χ3v) is 3.37. The zero-order chi connectivity index (χ0) is 14.3. The Hall–Kier alpha value is -2.62. The van der Waals surface area contributed by atoms with Crippen LogP contribution in [0.1, 0.15) is 21.7 Å². The van der Waals surface area contributed by atoms with Crippen LogP contribution in [0.15, 0.2) is 42.5 Å². The molecule has 0 fully saturated rings. The second-order valence-corrected chi connectivity index (χ2v) is 4.82. The maximum atomic E-state index is 11.3. The molecule has 4 nitrogen and oxygen atoms in total. The van der Waals surface area contributed by atoms with E-state index in [0.29, 0.717) is 5.56 Å². The van der Waals surface area contributed by atoms with Crippen molar-refractivity contribution < 1.29 is 9.90 Å². The van der Waals surface area contributed by atoms with Crippen LogP contribution in [-0.4, -0.2) is 20.9 Å². The Bertz CT molecular complexity index is 818. The molecule has 0 radical (unpaired) electrons. The Labute approximate surface area is 116 Å². The number of hydrogen-bond acceptors (Lipinski definition) is 2. The number of benzene rings is 2. The molecule has 0 aliphatic carbocycles. The summed E-state index contributed by atoms with van der Waals surface area (Å²) in [5.41, 5.74) is 3.17. The molecule has 0 unspecified atom stereocenters. The quantitative estimate of drug-likeness (QED) is 0.774. The molecular formula is C16H14N2O2. The first kappa shape index (κ1) is 12.4. The van der Waals surface area contributed by atoms with E-state index in [2.05, 4.69) is 5.10 Å². The van der Waals surface area contributed by atoms with Gasteiger partial charge in [0.15, 0.2) is 0 Å². The van der Waals surface area contributed by atoms with Crippen LogP contribution in [-0.2, 0) is 0 Å². The third-order valence-electron chi connectivity index (χ3n) is 3.37. The molecule has 1 heterocycles. The van der Waals surface area contributed by atoms with Crippen molar-refractivity contribution in [2.45, 2.75) is 13.8 Å². The maximum Gasteiger partial charge on any atom is 0.336 e.